The zero-order valence-corrected chi connectivity index (χ0v) is 9.01. The van der Waals surface area contributed by atoms with Crippen molar-refractivity contribution in [3.63, 3.8) is 0 Å². The summed E-state index contributed by atoms with van der Waals surface area (Å²) < 4.78 is 37.0. The van der Waals surface area contributed by atoms with Crippen molar-refractivity contribution >= 4 is 0 Å². The molecule has 1 aromatic carbocycles. The van der Waals surface area contributed by atoms with Crippen molar-refractivity contribution in [2.75, 3.05) is 0 Å². The van der Waals surface area contributed by atoms with Crippen molar-refractivity contribution in [2.24, 2.45) is 5.73 Å². The van der Waals surface area contributed by atoms with Crippen LogP contribution in [-0.4, -0.2) is 5.54 Å². The zero-order valence-electron chi connectivity index (χ0n) is 9.01. The first-order chi connectivity index (χ1) is 7.37. The fourth-order valence-electron chi connectivity index (χ4n) is 2.07. The molecular formula is C12H14F3N. The van der Waals surface area contributed by atoms with Crippen LogP contribution in [0.2, 0.25) is 0 Å². The van der Waals surface area contributed by atoms with E-state index in [4.69, 9.17) is 5.73 Å². The van der Waals surface area contributed by atoms with Gasteiger partial charge in [0.25, 0.3) is 0 Å². The van der Waals surface area contributed by atoms with Crippen LogP contribution in [0.1, 0.15) is 36.8 Å². The molecule has 1 nitrogen and oxygen atoms in total. The third-order valence-electron chi connectivity index (χ3n) is 3.42. The van der Waals surface area contributed by atoms with Gasteiger partial charge in [-0.1, -0.05) is 19.1 Å². The number of hydrogen-bond donors (Lipinski definition) is 1. The van der Waals surface area contributed by atoms with Crippen molar-refractivity contribution in [1.82, 2.24) is 0 Å². The molecule has 0 unspecified atom stereocenters. The first-order valence-corrected chi connectivity index (χ1v) is 5.33. The number of hydrogen-bond acceptors (Lipinski definition) is 1. The van der Waals surface area contributed by atoms with Gasteiger partial charge in [-0.15, -0.1) is 0 Å². The molecule has 0 aromatic heterocycles. The van der Waals surface area contributed by atoms with Gasteiger partial charge >= 0.3 is 6.18 Å². The molecule has 0 aliphatic heterocycles. The standard InChI is InChI=1S/C12H14F3N/c1-2-11(16)7-10(11)8-3-5-9(6-4-8)12(13,14)15/h3-6,10H,2,7,16H2,1H3/t10-,11+/m1/s1. The second-order valence-electron chi connectivity index (χ2n) is 4.46. The molecule has 0 heterocycles. The van der Waals surface area contributed by atoms with Crippen LogP contribution < -0.4 is 5.73 Å². The highest BCUT2D eigenvalue weighted by atomic mass is 19.4. The Balaban J connectivity index is 2.16. The molecular weight excluding hydrogens is 215 g/mol. The number of alkyl halides is 3. The highest BCUT2D eigenvalue weighted by molar-refractivity contribution is 5.35. The molecule has 1 aromatic rings. The molecule has 88 valence electrons. The van der Waals surface area contributed by atoms with Gasteiger partial charge in [-0.05, 0) is 30.5 Å². The van der Waals surface area contributed by atoms with E-state index in [0.717, 1.165) is 30.5 Å². The van der Waals surface area contributed by atoms with E-state index in [1.807, 2.05) is 6.92 Å². The van der Waals surface area contributed by atoms with Crippen molar-refractivity contribution in [3.8, 4) is 0 Å². The summed E-state index contributed by atoms with van der Waals surface area (Å²) in [5, 5.41) is 0. The van der Waals surface area contributed by atoms with E-state index in [9.17, 15) is 13.2 Å². The van der Waals surface area contributed by atoms with E-state index < -0.39 is 11.7 Å². The number of halogens is 3. The molecule has 4 heteroatoms. The van der Waals surface area contributed by atoms with Gasteiger partial charge in [0.15, 0.2) is 0 Å². The van der Waals surface area contributed by atoms with Crippen LogP contribution in [-0.2, 0) is 6.18 Å². The number of nitrogens with two attached hydrogens (primary N) is 1. The van der Waals surface area contributed by atoms with Crippen LogP contribution in [0.15, 0.2) is 24.3 Å². The maximum Gasteiger partial charge on any atom is 0.416 e. The van der Waals surface area contributed by atoms with Gasteiger partial charge in [0.05, 0.1) is 5.56 Å². The summed E-state index contributed by atoms with van der Waals surface area (Å²) in [4.78, 5) is 0. The summed E-state index contributed by atoms with van der Waals surface area (Å²) in [6.07, 6.45) is -2.53. The summed E-state index contributed by atoms with van der Waals surface area (Å²) in [6, 6.07) is 5.34. The van der Waals surface area contributed by atoms with Gasteiger partial charge in [-0.25, -0.2) is 0 Å². The topological polar surface area (TPSA) is 26.0 Å². The summed E-state index contributed by atoms with van der Waals surface area (Å²) in [7, 11) is 0. The van der Waals surface area contributed by atoms with Crippen LogP contribution in [0.3, 0.4) is 0 Å². The Labute approximate surface area is 92.5 Å². The van der Waals surface area contributed by atoms with Gasteiger partial charge in [0.2, 0.25) is 0 Å². The predicted octanol–water partition coefficient (Wildman–Crippen LogP) is 3.30. The van der Waals surface area contributed by atoms with Crippen LogP contribution in [0.4, 0.5) is 13.2 Å². The third kappa shape index (κ3) is 1.94. The molecule has 0 radical (unpaired) electrons. The Morgan fingerprint density at radius 3 is 2.25 bits per heavy atom. The molecule has 2 atom stereocenters. The summed E-state index contributed by atoms with van der Waals surface area (Å²) >= 11 is 0. The highest BCUT2D eigenvalue weighted by Gasteiger charge is 2.50. The minimum Gasteiger partial charge on any atom is -0.325 e. The van der Waals surface area contributed by atoms with E-state index in [1.54, 1.807) is 0 Å². The predicted molar refractivity (Wildman–Crippen MR) is 56.0 cm³/mol. The van der Waals surface area contributed by atoms with E-state index in [2.05, 4.69) is 0 Å². The molecule has 2 rings (SSSR count). The molecule has 0 amide bonds. The summed E-state index contributed by atoms with van der Waals surface area (Å²) in [5.41, 5.74) is 6.14. The summed E-state index contributed by atoms with van der Waals surface area (Å²) in [6.45, 7) is 2.00. The van der Waals surface area contributed by atoms with Crippen LogP contribution in [0, 0.1) is 0 Å². The second kappa shape index (κ2) is 3.48. The SMILES string of the molecule is CC[C@]1(N)C[C@@H]1c1ccc(C(F)(F)F)cc1. The smallest absolute Gasteiger partial charge is 0.325 e. The van der Waals surface area contributed by atoms with Crippen molar-refractivity contribution in [2.45, 2.75) is 37.4 Å². The number of benzene rings is 1. The van der Waals surface area contributed by atoms with Crippen LogP contribution in [0.25, 0.3) is 0 Å². The Morgan fingerprint density at radius 1 is 1.31 bits per heavy atom. The quantitative estimate of drug-likeness (QED) is 0.827. The minimum absolute atomic E-state index is 0.195. The minimum atomic E-state index is -4.26. The van der Waals surface area contributed by atoms with Gasteiger partial charge in [0, 0.05) is 11.5 Å². The molecule has 0 bridgehead atoms. The van der Waals surface area contributed by atoms with E-state index in [0.29, 0.717) is 0 Å². The maximum absolute atomic E-state index is 12.3. The average Bonchev–Trinajstić information content (AvgIpc) is 2.91. The van der Waals surface area contributed by atoms with Crippen molar-refractivity contribution < 1.29 is 13.2 Å². The number of rotatable bonds is 2. The Kier molecular flexibility index (Phi) is 2.49. The fraction of sp³-hybridized carbons (Fsp3) is 0.500. The lowest BCUT2D eigenvalue weighted by molar-refractivity contribution is -0.137. The molecule has 0 saturated heterocycles. The fourth-order valence-corrected chi connectivity index (χ4v) is 2.07. The average molecular weight is 229 g/mol. The van der Waals surface area contributed by atoms with Gasteiger partial charge in [-0.3, -0.25) is 0 Å². The van der Waals surface area contributed by atoms with Crippen molar-refractivity contribution in [3.05, 3.63) is 35.4 Å². The Hall–Kier alpha value is -1.03. The lowest BCUT2D eigenvalue weighted by Gasteiger charge is -2.10. The molecule has 1 fully saturated rings. The van der Waals surface area contributed by atoms with Crippen LogP contribution >= 0.6 is 0 Å². The molecule has 1 aliphatic carbocycles. The lowest BCUT2D eigenvalue weighted by Crippen LogP contribution is -2.22. The summed E-state index contributed by atoms with van der Waals surface area (Å²) in [5.74, 6) is 0.222. The molecule has 16 heavy (non-hydrogen) atoms. The first kappa shape index (κ1) is 11.5. The Morgan fingerprint density at radius 2 is 1.88 bits per heavy atom. The maximum atomic E-state index is 12.3. The molecule has 0 spiro atoms. The molecule has 2 N–H and O–H groups in total. The highest BCUT2D eigenvalue weighted by Crippen LogP contribution is 2.51. The zero-order chi connectivity index (χ0) is 12.0. The first-order valence-electron chi connectivity index (χ1n) is 5.33. The molecule has 1 aliphatic rings. The second-order valence-corrected chi connectivity index (χ2v) is 4.46. The monoisotopic (exact) mass is 229 g/mol. The van der Waals surface area contributed by atoms with Gasteiger partial charge in [-0.2, -0.15) is 13.2 Å². The van der Waals surface area contributed by atoms with E-state index in [1.165, 1.54) is 12.1 Å². The van der Waals surface area contributed by atoms with Crippen molar-refractivity contribution in [1.29, 1.82) is 0 Å². The Bertz CT molecular complexity index is 382. The lowest BCUT2D eigenvalue weighted by atomic mass is 10.0. The largest absolute Gasteiger partial charge is 0.416 e. The normalized spacial score (nSPS) is 29.2. The third-order valence-corrected chi connectivity index (χ3v) is 3.42. The van der Waals surface area contributed by atoms with Gasteiger partial charge in [0.1, 0.15) is 0 Å². The van der Waals surface area contributed by atoms with Gasteiger partial charge < -0.3 is 5.73 Å². The van der Waals surface area contributed by atoms with E-state index in [-0.39, 0.29) is 11.5 Å². The molecule has 1 saturated carbocycles. The van der Waals surface area contributed by atoms with Crippen LogP contribution in [0.5, 0.6) is 0 Å². The van der Waals surface area contributed by atoms with E-state index >= 15 is 0 Å².